The van der Waals surface area contributed by atoms with Crippen molar-refractivity contribution in [3.05, 3.63) is 87.9 Å². The van der Waals surface area contributed by atoms with Gasteiger partial charge >= 0.3 is 0 Å². The van der Waals surface area contributed by atoms with Crippen LogP contribution in [0.4, 0.5) is 5.69 Å². The van der Waals surface area contributed by atoms with Crippen molar-refractivity contribution in [2.45, 2.75) is 44.9 Å². The molecule has 200 valence electrons. The zero-order valence-electron chi connectivity index (χ0n) is 22.6. The standard InChI is InChI=1S/C31H35ClN2O4/c1-19(2)38-28-16-26-21(14-27(28)37-5)15-29(35)34(30(26)20-6-10-24(32)11-7-20)25-12-8-22(9-13-25)31(3,36)23-17-33(4)18-23/h6-14,16,19,23,30,36H,15,17-18H2,1-5H3/t30?,31-/m1/s1. The maximum atomic E-state index is 13.7. The van der Waals surface area contributed by atoms with Crippen LogP contribution in [0.15, 0.2) is 60.7 Å². The summed E-state index contributed by atoms with van der Waals surface area (Å²) in [6.07, 6.45) is 0.207. The molecule has 0 bridgehead atoms. The van der Waals surface area contributed by atoms with Gasteiger partial charge in [0.05, 0.1) is 31.3 Å². The van der Waals surface area contributed by atoms with Crippen LogP contribution in [0.1, 0.15) is 49.1 Å². The number of anilines is 1. The molecule has 2 atom stereocenters. The van der Waals surface area contributed by atoms with Crippen LogP contribution in [0.3, 0.4) is 0 Å². The number of halogens is 1. The van der Waals surface area contributed by atoms with E-state index in [0.717, 1.165) is 41.0 Å². The molecule has 0 radical (unpaired) electrons. The van der Waals surface area contributed by atoms with Crippen LogP contribution in [-0.4, -0.2) is 49.3 Å². The third-order valence-corrected chi connectivity index (χ3v) is 7.98. The molecule has 0 aromatic heterocycles. The average molecular weight is 535 g/mol. The molecule has 1 unspecified atom stereocenters. The topological polar surface area (TPSA) is 62.2 Å². The van der Waals surface area contributed by atoms with Gasteiger partial charge in [-0.05, 0) is 86.5 Å². The zero-order valence-corrected chi connectivity index (χ0v) is 23.3. The monoisotopic (exact) mass is 534 g/mol. The second-order valence-corrected chi connectivity index (χ2v) is 11.3. The van der Waals surface area contributed by atoms with E-state index in [4.69, 9.17) is 21.1 Å². The Morgan fingerprint density at radius 2 is 1.68 bits per heavy atom. The number of amides is 1. The predicted molar refractivity (Wildman–Crippen MR) is 150 cm³/mol. The molecule has 0 aliphatic carbocycles. The van der Waals surface area contributed by atoms with Crippen molar-refractivity contribution in [2.24, 2.45) is 5.92 Å². The number of carbonyl (C=O) groups excluding carboxylic acids is 1. The molecule has 1 N–H and O–H groups in total. The summed E-state index contributed by atoms with van der Waals surface area (Å²) >= 11 is 6.22. The second-order valence-electron chi connectivity index (χ2n) is 10.9. The number of fused-ring (bicyclic) bond motifs is 1. The maximum absolute atomic E-state index is 13.7. The van der Waals surface area contributed by atoms with Crippen LogP contribution in [0.25, 0.3) is 0 Å². The number of benzene rings is 3. The SMILES string of the molecule is COc1cc2c(cc1OC(C)C)C(c1ccc(Cl)cc1)N(c1ccc([C@@](C)(O)C3CN(C)C3)cc1)C(=O)C2. The van der Waals surface area contributed by atoms with Crippen molar-refractivity contribution >= 4 is 23.2 Å². The van der Waals surface area contributed by atoms with Crippen LogP contribution in [0.2, 0.25) is 5.02 Å². The smallest absolute Gasteiger partial charge is 0.232 e. The van der Waals surface area contributed by atoms with Crippen molar-refractivity contribution < 1.29 is 19.4 Å². The normalized spacial score (nSPS) is 19.6. The highest BCUT2D eigenvalue weighted by Crippen LogP contribution is 2.44. The molecule has 2 heterocycles. The number of hydrogen-bond donors (Lipinski definition) is 1. The Morgan fingerprint density at radius 1 is 1.03 bits per heavy atom. The van der Waals surface area contributed by atoms with Gasteiger partial charge in [-0.15, -0.1) is 0 Å². The lowest BCUT2D eigenvalue weighted by Gasteiger charge is -2.45. The highest BCUT2D eigenvalue weighted by molar-refractivity contribution is 6.30. The van der Waals surface area contributed by atoms with E-state index >= 15 is 0 Å². The summed E-state index contributed by atoms with van der Waals surface area (Å²) in [6.45, 7) is 7.55. The molecular formula is C31H35ClN2O4. The van der Waals surface area contributed by atoms with E-state index in [1.807, 2.05) is 86.3 Å². The summed E-state index contributed by atoms with van der Waals surface area (Å²) in [4.78, 5) is 17.8. The Kier molecular flexibility index (Phi) is 7.16. The van der Waals surface area contributed by atoms with Gasteiger partial charge in [-0.1, -0.05) is 35.9 Å². The van der Waals surface area contributed by atoms with Crippen molar-refractivity contribution in [2.75, 3.05) is 32.1 Å². The van der Waals surface area contributed by atoms with Gasteiger partial charge in [0.2, 0.25) is 5.91 Å². The van der Waals surface area contributed by atoms with Gasteiger partial charge in [0.15, 0.2) is 11.5 Å². The van der Waals surface area contributed by atoms with E-state index < -0.39 is 5.60 Å². The van der Waals surface area contributed by atoms with E-state index in [-0.39, 0.29) is 30.4 Å². The van der Waals surface area contributed by atoms with Crippen molar-refractivity contribution in [1.82, 2.24) is 4.90 Å². The zero-order chi connectivity index (χ0) is 27.2. The molecule has 1 saturated heterocycles. The Bertz CT molecular complexity index is 1310. The van der Waals surface area contributed by atoms with Crippen molar-refractivity contribution in [3.8, 4) is 11.5 Å². The molecule has 3 aromatic carbocycles. The summed E-state index contributed by atoms with van der Waals surface area (Å²) in [5, 5.41) is 11.9. The first-order valence-electron chi connectivity index (χ1n) is 13.0. The Labute approximate surface area is 229 Å². The fraction of sp³-hybridized carbons (Fsp3) is 0.387. The van der Waals surface area contributed by atoms with Gasteiger partial charge in [-0.2, -0.15) is 0 Å². The summed E-state index contributed by atoms with van der Waals surface area (Å²) in [6, 6.07) is 18.9. The number of aliphatic hydroxyl groups is 1. The van der Waals surface area contributed by atoms with Crippen LogP contribution < -0.4 is 14.4 Å². The predicted octanol–water partition coefficient (Wildman–Crippen LogP) is 5.58. The molecule has 5 rings (SSSR count). The molecule has 1 amide bonds. The third-order valence-electron chi connectivity index (χ3n) is 7.73. The van der Waals surface area contributed by atoms with Gasteiger partial charge in [0.25, 0.3) is 0 Å². The summed E-state index contributed by atoms with van der Waals surface area (Å²) in [5.41, 5.74) is 3.53. The lowest BCUT2D eigenvalue weighted by atomic mass is 9.78. The van der Waals surface area contributed by atoms with E-state index in [0.29, 0.717) is 16.5 Å². The van der Waals surface area contributed by atoms with Gasteiger partial charge in [-0.3, -0.25) is 4.79 Å². The number of methoxy groups -OCH3 is 1. The van der Waals surface area contributed by atoms with Crippen LogP contribution in [0.5, 0.6) is 11.5 Å². The van der Waals surface area contributed by atoms with Gasteiger partial charge in [-0.25, -0.2) is 0 Å². The second kappa shape index (κ2) is 10.3. The molecule has 1 fully saturated rings. The molecule has 3 aromatic rings. The molecular weight excluding hydrogens is 500 g/mol. The minimum absolute atomic E-state index is 0.0165. The van der Waals surface area contributed by atoms with Gasteiger partial charge in [0.1, 0.15) is 0 Å². The maximum Gasteiger partial charge on any atom is 0.232 e. The molecule has 7 heteroatoms. The lowest BCUT2D eigenvalue weighted by Crippen LogP contribution is -2.53. The third kappa shape index (κ3) is 4.89. The number of nitrogens with zero attached hydrogens (tertiary/aromatic N) is 2. The minimum atomic E-state index is -0.932. The highest BCUT2D eigenvalue weighted by Gasteiger charge is 2.41. The number of likely N-dealkylation sites (tertiary alicyclic amines) is 1. The number of carbonyl (C=O) groups is 1. The Morgan fingerprint density at radius 3 is 2.26 bits per heavy atom. The van der Waals surface area contributed by atoms with Gasteiger partial charge < -0.3 is 24.4 Å². The number of ether oxygens (including phenoxy) is 2. The summed E-state index contributed by atoms with van der Waals surface area (Å²) in [7, 11) is 3.67. The van der Waals surface area contributed by atoms with Crippen molar-refractivity contribution in [1.29, 1.82) is 0 Å². The van der Waals surface area contributed by atoms with Crippen LogP contribution in [0, 0.1) is 5.92 Å². The molecule has 2 aliphatic heterocycles. The van der Waals surface area contributed by atoms with Crippen LogP contribution in [-0.2, 0) is 16.8 Å². The summed E-state index contributed by atoms with van der Waals surface area (Å²) in [5.74, 6) is 1.42. The fourth-order valence-electron chi connectivity index (χ4n) is 5.58. The van der Waals surface area contributed by atoms with E-state index in [9.17, 15) is 9.90 Å². The number of rotatable bonds is 7. The number of hydrogen-bond acceptors (Lipinski definition) is 5. The lowest BCUT2D eigenvalue weighted by molar-refractivity contribution is -0.118. The highest BCUT2D eigenvalue weighted by atomic mass is 35.5. The first-order valence-corrected chi connectivity index (χ1v) is 13.4. The first kappa shape index (κ1) is 26.5. The van der Waals surface area contributed by atoms with E-state index in [1.165, 1.54) is 0 Å². The van der Waals surface area contributed by atoms with Crippen LogP contribution >= 0.6 is 11.6 Å². The fourth-order valence-corrected chi connectivity index (χ4v) is 5.70. The van der Waals surface area contributed by atoms with Crippen molar-refractivity contribution in [3.63, 3.8) is 0 Å². The first-order chi connectivity index (χ1) is 18.1. The quantitative estimate of drug-likeness (QED) is 0.428. The molecule has 6 nitrogen and oxygen atoms in total. The Balaban J connectivity index is 1.59. The minimum Gasteiger partial charge on any atom is -0.493 e. The molecule has 38 heavy (non-hydrogen) atoms. The Hall–Kier alpha value is -3.06. The van der Waals surface area contributed by atoms with E-state index in [2.05, 4.69) is 11.9 Å². The molecule has 0 spiro atoms. The van der Waals surface area contributed by atoms with E-state index in [1.54, 1.807) is 7.11 Å². The summed E-state index contributed by atoms with van der Waals surface area (Å²) < 4.78 is 11.7. The average Bonchev–Trinajstić information content (AvgIpc) is 2.86. The molecule has 0 saturated carbocycles. The molecule has 2 aliphatic rings. The van der Waals surface area contributed by atoms with Gasteiger partial charge in [0, 0.05) is 29.7 Å². The largest absolute Gasteiger partial charge is 0.493 e.